The minimum Gasteiger partial charge on any atom is -0.504 e. The second kappa shape index (κ2) is 7.07. The molecule has 1 saturated heterocycles. The first kappa shape index (κ1) is 18.4. The van der Waals surface area contributed by atoms with E-state index >= 15 is 0 Å². The predicted octanol–water partition coefficient (Wildman–Crippen LogP) is 2.92. The van der Waals surface area contributed by atoms with Gasteiger partial charge in [-0.15, -0.1) is 0 Å². The van der Waals surface area contributed by atoms with Crippen molar-refractivity contribution < 1.29 is 14.2 Å². The van der Waals surface area contributed by atoms with Crippen molar-refractivity contribution in [3.8, 4) is 22.9 Å². The number of rotatable bonds is 3. The van der Waals surface area contributed by atoms with Crippen LogP contribution in [0.2, 0.25) is 0 Å². The summed E-state index contributed by atoms with van der Waals surface area (Å²) < 4.78 is 19.2. The smallest absolute Gasteiger partial charge is 0.215 e. The van der Waals surface area contributed by atoms with Gasteiger partial charge in [0.05, 0.1) is 12.8 Å². The average molecular weight is 360 g/mol. The molecule has 2 aromatic rings. The highest BCUT2D eigenvalue weighted by atomic mass is 19.1. The summed E-state index contributed by atoms with van der Waals surface area (Å²) in [5, 5.41) is 10.7. The third kappa shape index (κ3) is 3.72. The Morgan fingerprint density at radius 2 is 1.85 bits per heavy atom. The molecule has 0 amide bonds. The number of aromatic hydroxyl groups is 1. The van der Waals surface area contributed by atoms with Crippen LogP contribution in [0.15, 0.2) is 24.4 Å². The molecule has 1 fully saturated rings. The molecule has 0 unspecified atom stereocenters. The molecule has 0 spiro atoms. The van der Waals surface area contributed by atoms with Gasteiger partial charge in [0.25, 0.3) is 0 Å². The molecule has 140 valence electrons. The molecule has 3 heterocycles. The van der Waals surface area contributed by atoms with Gasteiger partial charge in [0.1, 0.15) is 5.69 Å². The van der Waals surface area contributed by atoms with E-state index in [1.807, 2.05) is 4.90 Å². The van der Waals surface area contributed by atoms with E-state index in [-0.39, 0.29) is 17.0 Å². The Morgan fingerprint density at radius 3 is 2.38 bits per heavy atom. The molecular formula is C19H25FN4O2. The number of halogens is 1. The fourth-order valence-corrected chi connectivity index (χ4v) is 3.20. The van der Waals surface area contributed by atoms with Crippen LogP contribution in [0.1, 0.15) is 20.8 Å². The number of nitrogens with zero attached hydrogens (tertiary/aromatic N) is 4. The highest BCUT2D eigenvalue weighted by Gasteiger charge is 2.28. The highest BCUT2D eigenvalue weighted by Crippen LogP contribution is 2.37. The molecule has 1 aliphatic rings. The summed E-state index contributed by atoms with van der Waals surface area (Å²) in [6, 6.07) is 4.65. The van der Waals surface area contributed by atoms with Gasteiger partial charge in [-0.1, -0.05) is 0 Å². The van der Waals surface area contributed by atoms with Crippen LogP contribution in [-0.4, -0.2) is 58.8 Å². The van der Waals surface area contributed by atoms with Gasteiger partial charge in [0.15, 0.2) is 5.75 Å². The topological polar surface area (TPSA) is 61.7 Å². The molecule has 0 saturated carbocycles. The molecule has 0 bridgehead atoms. The maximum absolute atomic E-state index is 14.2. The van der Waals surface area contributed by atoms with Crippen LogP contribution in [0.4, 0.5) is 10.1 Å². The van der Waals surface area contributed by atoms with Crippen LogP contribution < -0.4 is 9.64 Å². The third-order valence-corrected chi connectivity index (χ3v) is 4.73. The van der Waals surface area contributed by atoms with Gasteiger partial charge in [-0.2, -0.15) is 4.39 Å². The summed E-state index contributed by atoms with van der Waals surface area (Å²) in [6.45, 7) is 9.69. The lowest BCUT2D eigenvalue weighted by Gasteiger charge is -2.43. The van der Waals surface area contributed by atoms with Crippen molar-refractivity contribution in [1.82, 2.24) is 14.9 Å². The summed E-state index contributed by atoms with van der Waals surface area (Å²) >= 11 is 0. The summed E-state index contributed by atoms with van der Waals surface area (Å²) in [6.07, 6.45) is 1.52. The normalized spacial score (nSPS) is 16.0. The molecule has 0 atom stereocenters. The Kier molecular flexibility index (Phi) is 5.00. The van der Waals surface area contributed by atoms with Gasteiger partial charge in [-0.3, -0.25) is 4.90 Å². The van der Waals surface area contributed by atoms with Crippen molar-refractivity contribution in [3.63, 3.8) is 0 Å². The summed E-state index contributed by atoms with van der Waals surface area (Å²) in [7, 11) is 1.52. The lowest BCUT2D eigenvalue weighted by Crippen LogP contribution is -2.53. The molecular weight excluding hydrogens is 335 g/mol. The molecule has 1 aliphatic heterocycles. The maximum Gasteiger partial charge on any atom is 0.215 e. The molecule has 1 N–H and O–H groups in total. The van der Waals surface area contributed by atoms with E-state index in [0.29, 0.717) is 30.2 Å². The van der Waals surface area contributed by atoms with E-state index in [1.165, 1.54) is 19.4 Å². The van der Waals surface area contributed by atoms with E-state index in [4.69, 9.17) is 4.74 Å². The van der Waals surface area contributed by atoms with Crippen LogP contribution in [-0.2, 0) is 0 Å². The first-order valence-electron chi connectivity index (χ1n) is 8.69. The number of anilines is 1. The van der Waals surface area contributed by atoms with Crippen molar-refractivity contribution >= 4 is 5.69 Å². The quantitative estimate of drug-likeness (QED) is 0.850. The SMILES string of the molecule is COc1ccc(-c2nc(F)cc(N3CCN(C(C)(C)C)CC3)c2O)cn1. The number of hydrogen-bond acceptors (Lipinski definition) is 6. The molecule has 0 aliphatic carbocycles. The number of pyridine rings is 2. The van der Waals surface area contributed by atoms with E-state index in [0.717, 1.165) is 13.1 Å². The van der Waals surface area contributed by atoms with Crippen LogP contribution in [0.5, 0.6) is 11.6 Å². The fraction of sp³-hybridized carbons (Fsp3) is 0.474. The fourth-order valence-electron chi connectivity index (χ4n) is 3.20. The van der Waals surface area contributed by atoms with Gasteiger partial charge in [-0.05, 0) is 26.8 Å². The van der Waals surface area contributed by atoms with Crippen LogP contribution >= 0.6 is 0 Å². The van der Waals surface area contributed by atoms with Crippen molar-refractivity contribution in [3.05, 3.63) is 30.3 Å². The van der Waals surface area contributed by atoms with Gasteiger partial charge < -0.3 is 14.7 Å². The second-order valence-electron chi connectivity index (χ2n) is 7.40. The van der Waals surface area contributed by atoms with Gasteiger partial charge in [-0.25, -0.2) is 9.97 Å². The minimum atomic E-state index is -0.623. The summed E-state index contributed by atoms with van der Waals surface area (Å²) in [5.41, 5.74) is 1.29. The Balaban J connectivity index is 1.88. The molecule has 3 rings (SSSR count). The van der Waals surface area contributed by atoms with E-state index in [9.17, 15) is 9.50 Å². The molecule has 2 aromatic heterocycles. The number of aromatic nitrogens is 2. The van der Waals surface area contributed by atoms with Crippen LogP contribution in [0.25, 0.3) is 11.3 Å². The zero-order valence-electron chi connectivity index (χ0n) is 15.7. The predicted molar refractivity (Wildman–Crippen MR) is 99.2 cm³/mol. The summed E-state index contributed by atoms with van der Waals surface area (Å²) in [5.74, 6) is -0.201. The first-order valence-corrected chi connectivity index (χ1v) is 8.69. The van der Waals surface area contributed by atoms with Crippen molar-refractivity contribution in [2.75, 3.05) is 38.2 Å². The summed E-state index contributed by atoms with van der Waals surface area (Å²) in [4.78, 5) is 12.4. The van der Waals surface area contributed by atoms with Crippen molar-refractivity contribution in [2.24, 2.45) is 0 Å². The molecule has 7 heteroatoms. The van der Waals surface area contributed by atoms with E-state index < -0.39 is 5.95 Å². The van der Waals surface area contributed by atoms with E-state index in [1.54, 1.807) is 12.1 Å². The average Bonchev–Trinajstić information content (AvgIpc) is 2.63. The van der Waals surface area contributed by atoms with Crippen molar-refractivity contribution in [2.45, 2.75) is 26.3 Å². The van der Waals surface area contributed by atoms with Gasteiger partial charge >= 0.3 is 0 Å². The molecule has 6 nitrogen and oxygen atoms in total. The molecule has 26 heavy (non-hydrogen) atoms. The zero-order chi connectivity index (χ0) is 18.9. The van der Waals surface area contributed by atoms with Crippen LogP contribution in [0, 0.1) is 5.95 Å². The Bertz CT molecular complexity index is 766. The largest absolute Gasteiger partial charge is 0.504 e. The highest BCUT2D eigenvalue weighted by molar-refractivity contribution is 5.74. The first-order chi connectivity index (χ1) is 12.3. The maximum atomic E-state index is 14.2. The number of ether oxygens (including phenoxy) is 1. The van der Waals surface area contributed by atoms with E-state index in [2.05, 4.69) is 35.6 Å². The van der Waals surface area contributed by atoms with Crippen molar-refractivity contribution in [1.29, 1.82) is 0 Å². The Hall–Kier alpha value is -2.41. The third-order valence-electron chi connectivity index (χ3n) is 4.73. The van der Waals surface area contributed by atoms with Crippen LogP contribution in [0.3, 0.4) is 0 Å². The molecule has 0 aromatic carbocycles. The zero-order valence-corrected chi connectivity index (χ0v) is 15.7. The monoisotopic (exact) mass is 360 g/mol. The van der Waals surface area contributed by atoms with Gasteiger partial charge in [0.2, 0.25) is 11.8 Å². The number of methoxy groups -OCH3 is 1. The number of hydrogen-bond donors (Lipinski definition) is 1. The second-order valence-corrected chi connectivity index (χ2v) is 7.40. The Labute approximate surface area is 153 Å². The minimum absolute atomic E-state index is 0.0254. The lowest BCUT2D eigenvalue weighted by atomic mass is 10.0. The van der Waals surface area contributed by atoms with Gasteiger partial charge in [0, 0.05) is 55.6 Å². The lowest BCUT2D eigenvalue weighted by molar-refractivity contribution is 0.128. The number of piperazine rings is 1. The Morgan fingerprint density at radius 1 is 1.15 bits per heavy atom. The standard InChI is InChI=1S/C19H25FN4O2/c1-19(2,3)24-9-7-23(8-10-24)14-11-15(20)22-17(18(14)25)13-5-6-16(26-4)21-12-13/h5-6,11-12,25H,7-10H2,1-4H3. The molecule has 0 radical (unpaired) electrons.